The largest absolute Gasteiger partial charge is 0.497 e. The van der Waals surface area contributed by atoms with Gasteiger partial charge in [0.2, 0.25) is 0 Å². The molecule has 1 aromatic heterocycles. The maximum Gasteiger partial charge on any atom is 0.328 e. The molecule has 2 heterocycles. The maximum absolute atomic E-state index is 12.5. The highest BCUT2D eigenvalue weighted by Gasteiger charge is 2.20. The van der Waals surface area contributed by atoms with Crippen LogP contribution in [0.2, 0.25) is 0 Å². The van der Waals surface area contributed by atoms with Crippen molar-refractivity contribution in [1.29, 1.82) is 0 Å². The third kappa shape index (κ3) is 4.65. The van der Waals surface area contributed by atoms with Crippen molar-refractivity contribution in [3.63, 3.8) is 0 Å². The average Bonchev–Trinajstić information content (AvgIpc) is 3.19. The number of rotatable bonds is 7. The number of H-pyrrole nitrogens is 1. The van der Waals surface area contributed by atoms with Gasteiger partial charge in [-0.05, 0) is 37.0 Å². The van der Waals surface area contributed by atoms with Gasteiger partial charge in [-0.3, -0.25) is 14.2 Å². The summed E-state index contributed by atoms with van der Waals surface area (Å²) in [4.78, 5) is 39.3. The second-order valence-corrected chi connectivity index (χ2v) is 6.41. The number of aromatic nitrogens is 2. The van der Waals surface area contributed by atoms with Crippen molar-refractivity contribution in [1.82, 2.24) is 14.9 Å². The Kier molecular flexibility index (Phi) is 6.08. The number of benzene rings is 1. The monoisotopic (exact) mass is 373 g/mol. The molecule has 8 heteroatoms. The number of methoxy groups -OCH3 is 1. The van der Waals surface area contributed by atoms with Gasteiger partial charge in [-0.1, -0.05) is 12.1 Å². The molecular weight excluding hydrogens is 350 g/mol. The van der Waals surface area contributed by atoms with Gasteiger partial charge in [-0.25, -0.2) is 4.79 Å². The standard InChI is InChI=1S/C19H23N3O5/c1-26-14-6-4-13(5-7-14)8-9-20-17(23)16-11-21-19(25)22(18(16)24)12-15-3-2-10-27-15/h4-7,11,15H,2-3,8-10,12H2,1H3,(H,20,23)(H,21,25). The Morgan fingerprint density at radius 1 is 1.33 bits per heavy atom. The summed E-state index contributed by atoms with van der Waals surface area (Å²) in [6, 6.07) is 7.53. The SMILES string of the molecule is COc1ccc(CCNC(=O)c2c[nH]c(=O)n(CC3CCCO3)c2=O)cc1. The first-order valence-corrected chi connectivity index (χ1v) is 8.93. The molecule has 0 bridgehead atoms. The fourth-order valence-corrected chi connectivity index (χ4v) is 3.04. The molecular formula is C19H23N3O5. The lowest BCUT2D eigenvalue weighted by atomic mass is 10.1. The van der Waals surface area contributed by atoms with Crippen LogP contribution >= 0.6 is 0 Å². The van der Waals surface area contributed by atoms with E-state index in [9.17, 15) is 14.4 Å². The van der Waals surface area contributed by atoms with Gasteiger partial charge in [0.25, 0.3) is 11.5 Å². The third-order valence-electron chi connectivity index (χ3n) is 4.57. The van der Waals surface area contributed by atoms with E-state index in [1.807, 2.05) is 24.3 Å². The van der Waals surface area contributed by atoms with Crippen LogP contribution in [0.25, 0.3) is 0 Å². The van der Waals surface area contributed by atoms with Gasteiger partial charge in [0, 0.05) is 19.3 Å². The highest BCUT2D eigenvalue weighted by atomic mass is 16.5. The highest BCUT2D eigenvalue weighted by Crippen LogP contribution is 2.13. The fourth-order valence-electron chi connectivity index (χ4n) is 3.04. The van der Waals surface area contributed by atoms with E-state index in [0.29, 0.717) is 19.6 Å². The molecule has 3 rings (SSSR count). The molecule has 1 fully saturated rings. The number of nitrogens with zero attached hydrogens (tertiary/aromatic N) is 1. The van der Waals surface area contributed by atoms with Crippen LogP contribution in [-0.2, 0) is 17.7 Å². The molecule has 1 aliphatic rings. The van der Waals surface area contributed by atoms with Crippen LogP contribution in [0.4, 0.5) is 0 Å². The summed E-state index contributed by atoms with van der Waals surface area (Å²) in [6.07, 6.45) is 3.31. The Balaban J connectivity index is 1.63. The van der Waals surface area contributed by atoms with E-state index in [0.717, 1.165) is 28.7 Å². The van der Waals surface area contributed by atoms with Crippen LogP contribution in [-0.4, -0.2) is 41.8 Å². The summed E-state index contributed by atoms with van der Waals surface area (Å²) in [5.41, 5.74) is -0.183. The first kappa shape index (κ1) is 18.9. The quantitative estimate of drug-likeness (QED) is 0.744. The van der Waals surface area contributed by atoms with Gasteiger partial charge in [0.15, 0.2) is 0 Å². The molecule has 1 saturated heterocycles. The molecule has 2 N–H and O–H groups in total. The van der Waals surface area contributed by atoms with Crippen molar-refractivity contribution < 1.29 is 14.3 Å². The smallest absolute Gasteiger partial charge is 0.328 e. The van der Waals surface area contributed by atoms with Gasteiger partial charge in [-0.15, -0.1) is 0 Å². The molecule has 8 nitrogen and oxygen atoms in total. The number of ether oxygens (including phenoxy) is 2. The lowest BCUT2D eigenvalue weighted by molar-refractivity contribution is 0.0923. The second kappa shape index (κ2) is 8.68. The van der Waals surface area contributed by atoms with Gasteiger partial charge in [-0.2, -0.15) is 0 Å². The number of amides is 1. The molecule has 1 atom stereocenters. The predicted octanol–water partition coefficient (Wildman–Crippen LogP) is 0.697. The minimum absolute atomic E-state index is 0.0812. The molecule has 0 aliphatic carbocycles. The number of carbonyl (C=O) groups excluding carboxylic acids is 1. The van der Waals surface area contributed by atoms with Crippen LogP contribution in [0.3, 0.4) is 0 Å². The van der Waals surface area contributed by atoms with E-state index in [4.69, 9.17) is 9.47 Å². The minimum Gasteiger partial charge on any atom is -0.497 e. The van der Waals surface area contributed by atoms with Crippen LogP contribution < -0.4 is 21.3 Å². The summed E-state index contributed by atoms with van der Waals surface area (Å²) in [5.74, 6) is 0.258. The summed E-state index contributed by atoms with van der Waals surface area (Å²) in [7, 11) is 1.60. The number of nitrogens with one attached hydrogen (secondary N) is 2. The van der Waals surface area contributed by atoms with Crippen molar-refractivity contribution in [2.75, 3.05) is 20.3 Å². The maximum atomic E-state index is 12.5. The van der Waals surface area contributed by atoms with Crippen LogP contribution in [0.5, 0.6) is 5.75 Å². The third-order valence-corrected chi connectivity index (χ3v) is 4.57. The Bertz CT molecular complexity index is 895. The molecule has 1 aromatic carbocycles. The Labute approximate surface area is 156 Å². The summed E-state index contributed by atoms with van der Waals surface area (Å²) in [5, 5.41) is 2.72. The van der Waals surface area contributed by atoms with Crippen LogP contribution in [0.15, 0.2) is 40.1 Å². The number of hydrogen-bond donors (Lipinski definition) is 2. The number of hydrogen-bond acceptors (Lipinski definition) is 5. The predicted molar refractivity (Wildman–Crippen MR) is 99.3 cm³/mol. The van der Waals surface area contributed by atoms with Gasteiger partial charge < -0.3 is 19.8 Å². The summed E-state index contributed by atoms with van der Waals surface area (Å²) in [6.45, 7) is 1.15. The van der Waals surface area contributed by atoms with Gasteiger partial charge in [0.05, 0.1) is 19.8 Å². The van der Waals surface area contributed by atoms with E-state index in [1.165, 1.54) is 6.20 Å². The highest BCUT2D eigenvalue weighted by molar-refractivity contribution is 5.93. The van der Waals surface area contributed by atoms with Crippen LogP contribution in [0, 0.1) is 0 Å². The van der Waals surface area contributed by atoms with Crippen molar-refractivity contribution in [2.45, 2.75) is 31.9 Å². The first-order valence-electron chi connectivity index (χ1n) is 8.93. The first-order chi connectivity index (χ1) is 13.1. The molecule has 0 radical (unpaired) electrons. The molecule has 0 spiro atoms. The van der Waals surface area contributed by atoms with Crippen molar-refractivity contribution >= 4 is 5.91 Å². The van der Waals surface area contributed by atoms with Crippen LogP contribution in [0.1, 0.15) is 28.8 Å². The fraction of sp³-hybridized carbons (Fsp3) is 0.421. The topological polar surface area (TPSA) is 102 Å². The van der Waals surface area contributed by atoms with Crippen molar-refractivity contribution in [3.8, 4) is 5.75 Å². The van der Waals surface area contributed by atoms with Gasteiger partial charge in [0.1, 0.15) is 11.3 Å². The van der Waals surface area contributed by atoms with Crippen molar-refractivity contribution in [3.05, 3.63) is 62.4 Å². The van der Waals surface area contributed by atoms with E-state index < -0.39 is 17.2 Å². The van der Waals surface area contributed by atoms with Crippen molar-refractivity contribution in [2.24, 2.45) is 0 Å². The van der Waals surface area contributed by atoms with E-state index >= 15 is 0 Å². The summed E-state index contributed by atoms with van der Waals surface area (Å²) >= 11 is 0. The average molecular weight is 373 g/mol. The van der Waals surface area contributed by atoms with E-state index in [1.54, 1.807) is 7.11 Å². The molecule has 0 saturated carbocycles. The molecule has 144 valence electrons. The zero-order valence-corrected chi connectivity index (χ0v) is 15.2. The lowest BCUT2D eigenvalue weighted by Crippen LogP contribution is -2.42. The molecule has 1 unspecified atom stereocenters. The van der Waals surface area contributed by atoms with Gasteiger partial charge >= 0.3 is 5.69 Å². The number of aromatic amines is 1. The zero-order chi connectivity index (χ0) is 19.2. The lowest BCUT2D eigenvalue weighted by Gasteiger charge is -2.12. The Hall–Kier alpha value is -2.87. The van der Waals surface area contributed by atoms with E-state index in [-0.39, 0.29) is 18.2 Å². The molecule has 2 aromatic rings. The van der Waals surface area contributed by atoms with E-state index in [2.05, 4.69) is 10.3 Å². The summed E-state index contributed by atoms with van der Waals surface area (Å²) < 4.78 is 11.6. The molecule has 1 aliphatic heterocycles. The Morgan fingerprint density at radius 2 is 2.11 bits per heavy atom. The minimum atomic E-state index is -0.601. The second-order valence-electron chi connectivity index (χ2n) is 6.41. The normalized spacial score (nSPS) is 16.3. The molecule has 1 amide bonds. The number of carbonyl (C=O) groups is 1. The zero-order valence-electron chi connectivity index (χ0n) is 15.2. The Morgan fingerprint density at radius 3 is 2.78 bits per heavy atom. The molecule has 27 heavy (non-hydrogen) atoms.